The topological polar surface area (TPSA) is 88.5 Å². The van der Waals surface area contributed by atoms with E-state index in [1.165, 1.54) is 0 Å². The Bertz CT molecular complexity index is 423. The molecule has 0 aliphatic carbocycles. The SMILES string of the molecule is CS(=O)(=O)CCC(O)C1CCCCS1(=O)=O. The van der Waals surface area contributed by atoms with Crippen LogP contribution in [-0.2, 0) is 19.7 Å². The summed E-state index contributed by atoms with van der Waals surface area (Å²) in [5.74, 6) is -0.0617. The molecule has 0 radical (unpaired) electrons. The highest BCUT2D eigenvalue weighted by Crippen LogP contribution is 2.23. The molecule has 1 heterocycles. The molecule has 7 heteroatoms. The molecule has 0 spiro atoms. The van der Waals surface area contributed by atoms with Crippen LogP contribution in [0.1, 0.15) is 25.7 Å². The summed E-state index contributed by atoms with van der Waals surface area (Å²) in [6, 6.07) is 0. The van der Waals surface area contributed by atoms with Crippen LogP contribution in [0.5, 0.6) is 0 Å². The molecule has 0 aromatic carbocycles. The van der Waals surface area contributed by atoms with Gasteiger partial charge in [0.25, 0.3) is 0 Å². The third-order valence-electron chi connectivity index (χ3n) is 2.84. The lowest BCUT2D eigenvalue weighted by atomic mass is 10.1. The first kappa shape index (κ1) is 13.9. The predicted molar refractivity (Wildman–Crippen MR) is 61.8 cm³/mol. The fourth-order valence-electron chi connectivity index (χ4n) is 1.93. The fourth-order valence-corrected chi connectivity index (χ4v) is 4.65. The molecule has 1 fully saturated rings. The lowest BCUT2D eigenvalue weighted by Gasteiger charge is -2.26. The van der Waals surface area contributed by atoms with Gasteiger partial charge in [0.2, 0.25) is 0 Å². The van der Waals surface area contributed by atoms with Crippen molar-refractivity contribution in [2.45, 2.75) is 37.0 Å². The first-order chi connectivity index (χ1) is 7.22. The summed E-state index contributed by atoms with van der Waals surface area (Å²) in [6.45, 7) is 0. The molecule has 0 aromatic rings. The minimum absolute atomic E-state index is 0.00271. The van der Waals surface area contributed by atoms with E-state index in [0.717, 1.165) is 12.7 Å². The van der Waals surface area contributed by atoms with E-state index in [0.29, 0.717) is 12.8 Å². The maximum absolute atomic E-state index is 11.6. The normalized spacial score (nSPS) is 27.5. The van der Waals surface area contributed by atoms with Crippen molar-refractivity contribution in [1.82, 2.24) is 0 Å². The molecule has 1 saturated heterocycles. The molecule has 96 valence electrons. The van der Waals surface area contributed by atoms with Gasteiger partial charge < -0.3 is 5.11 Å². The molecule has 2 atom stereocenters. The van der Waals surface area contributed by atoms with Crippen LogP contribution in [0.25, 0.3) is 0 Å². The molecule has 1 aliphatic rings. The van der Waals surface area contributed by atoms with Crippen LogP contribution in [0.4, 0.5) is 0 Å². The van der Waals surface area contributed by atoms with Gasteiger partial charge in [0.1, 0.15) is 9.84 Å². The Hall–Kier alpha value is -0.140. The Balaban J connectivity index is 2.62. The van der Waals surface area contributed by atoms with E-state index >= 15 is 0 Å². The van der Waals surface area contributed by atoms with Gasteiger partial charge in [0.05, 0.1) is 22.9 Å². The maximum atomic E-state index is 11.6. The van der Waals surface area contributed by atoms with Crippen molar-refractivity contribution in [3.05, 3.63) is 0 Å². The summed E-state index contributed by atoms with van der Waals surface area (Å²) in [5, 5.41) is 8.95. The largest absolute Gasteiger partial charge is 0.392 e. The lowest BCUT2D eigenvalue weighted by molar-refractivity contribution is 0.158. The molecule has 16 heavy (non-hydrogen) atoms. The number of hydrogen-bond donors (Lipinski definition) is 1. The minimum Gasteiger partial charge on any atom is -0.392 e. The van der Waals surface area contributed by atoms with Crippen molar-refractivity contribution >= 4 is 19.7 Å². The molecular formula is C9H18O5S2. The van der Waals surface area contributed by atoms with E-state index in [4.69, 9.17) is 0 Å². The first-order valence-corrected chi connectivity index (χ1v) is 9.07. The van der Waals surface area contributed by atoms with E-state index in [-0.39, 0.29) is 17.9 Å². The summed E-state index contributed by atoms with van der Waals surface area (Å²) < 4.78 is 45.1. The summed E-state index contributed by atoms with van der Waals surface area (Å²) in [6.07, 6.45) is 1.88. The number of rotatable bonds is 4. The van der Waals surface area contributed by atoms with Crippen LogP contribution in [0.2, 0.25) is 0 Å². The zero-order valence-corrected chi connectivity index (χ0v) is 10.9. The molecule has 0 amide bonds. The molecule has 5 nitrogen and oxygen atoms in total. The van der Waals surface area contributed by atoms with E-state index in [2.05, 4.69) is 0 Å². The van der Waals surface area contributed by atoms with Crippen LogP contribution in [0.3, 0.4) is 0 Å². The molecular weight excluding hydrogens is 252 g/mol. The Morgan fingerprint density at radius 2 is 2.00 bits per heavy atom. The third-order valence-corrected chi connectivity index (χ3v) is 6.15. The van der Waals surface area contributed by atoms with E-state index < -0.39 is 31.0 Å². The zero-order chi connectivity index (χ0) is 12.4. The summed E-state index contributed by atoms with van der Waals surface area (Å²) in [4.78, 5) is 0. The maximum Gasteiger partial charge on any atom is 0.155 e. The lowest BCUT2D eigenvalue weighted by Crippen LogP contribution is -2.39. The fraction of sp³-hybridized carbons (Fsp3) is 1.00. The van der Waals surface area contributed by atoms with Crippen molar-refractivity contribution in [2.24, 2.45) is 0 Å². The smallest absolute Gasteiger partial charge is 0.155 e. The molecule has 0 aromatic heterocycles. The second-order valence-corrected chi connectivity index (χ2v) is 8.99. The van der Waals surface area contributed by atoms with Crippen LogP contribution >= 0.6 is 0 Å². The van der Waals surface area contributed by atoms with Gasteiger partial charge in [-0.05, 0) is 19.3 Å². The molecule has 0 bridgehead atoms. The summed E-state index contributed by atoms with van der Waals surface area (Å²) in [7, 11) is -6.39. The highest BCUT2D eigenvalue weighted by atomic mass is 32.2. The first-order valence-electron chi connectivity index (χ1n) is 5.30. The van der Waals surface area contributed by atoms with Crippen molar-refractivity contribution < 1.29 is 21.9 Å². The van der Waals surface area contributed by atoms with Crippen LogP contribution in [0, 0.1) is 0 Å². The molecule has 0 saturated carbocycles. The molecule has 1 N–H and O–H groups in total. The van der Waals surface area contributed by atoms with E-state index in [1.54, 1.807) is 0 Å². The van der Waals surface area contributed by atoms with Gasteiger partial charge in [0, 0.05) is 6.26 Å². The number of aliphatic hydroxyl groups excluding tert-OH is 1. The highest BCUT2D eigenvalue weighted by molar-refractivity contribution is 7.92. The second kappa shape index (κ2) is 5.01. The van der Waals surface area contributed by atoms with Gasteiger partial charge >= 0.3 is 0 Å². The van der Waals surface area contributed by atoms with Gasteiger partial charge in [-0.15, -0.1) is 0 Å². The van der Waals surface area contributed by atoms with Crippen molar-refractivity contribution in [1.29, 1.82) is 0 Å². The van der Waals surface area contributed by atoms with Gasteiger partial charge in [0.15, 0.2) is 9.84 Å². The van der Waals surface area contributed by atoms with Gasteiger partial charge in [-0.25, -0.2) is 16.8 Å². The van der Waals surface area contributed by atoms with Crippen molar-refractivity contribution in [3.8, 4) is 0 Å². The van der Waals surface area contributed by atoms with Crippen LogP contribution < -0.4 is 0 Å². The predicted octanol–water partition coefficient (Wildman–Crippen LogP) is -0.251. The van der Waals surface area contributed by atoms with Gasteiger partial charge in [-0.1, -0.05) is 6.42 Å². The number of aliphatic hydroxyl groups is 1. The van der Waals surface area contributed by atoms with Crippen molar-refractivity contribution in [3.63, 3.8) is 0 Å². The zero-order valence-electron chi connectivity index (χ0n) is 9.29. The summed E-state index contributed by atoms with van der Waals surface area (Å²) >= 11 is 0. The van der Waals surface area contributed by atoms with Gasteiger partial charge in [-0.3, -0.25) is 0 Å². The summed E-state index contributed by atoms with van der Waals surface area (Å²) in [5.41, 5.74) is 0. The standard InChI is InChI=1S/C9H18O5S2/c1-15(11,12)7-5-8(10)9-4-2-3-6-16(9,13)14/h8-10H,2-7H2,1H3. The molecule has 2 unspecified atom stereocenters. The second-order valence-electron chi connectivity index (χ2n) is 4.39. The van der Waals surface area contributed by atoms with Gasteiger partial charge in [-0.2, -0.15) is 0 Å². The van der Waals surface area contributed by atoms with Crippen molar-refractivity contribution in [2.75, 3.05) is 17.8 Å². The Morgan fingerprint density at radius 3 is 2.50 bits per heavy atom. The quantitative estimate of drug-likeness (QED) is 0.761. The average molecular weight is 270 g/mol. The number of sulfone groups is 2. The Morgan fingerprint density at radius 1 is 1.38 bits per heavy atom. The third kappa shape index (κ3) is 4.03. The molecule has 1 rings (SSSR count). The number of hydrogen-bond acceptors (Lipinski definition) is 5. The van der Waals surface area contributed by atoms with Crippen LogP contribution in [-0.4, -0.2) is 51.1 Å². The minimum atomic E-state index is -3.24. The highest BCUT2D eigenvalue weighted by Gasteiger charge is 2.34. The van der Waals surface area contributed by atoms with Crippen LogP contribution in [0.15, 0.2) is 0 Å². The monoisotopic (exact) mass is 270 g/mol. The average Bonchev–Trinajstić information content (AvgIpc) is 2.12. The molecule has 1 aliphatic heterocycles. The van der Waals surface area contributed by atoms with E-state index in [1.807, 2.05) is 0 Å². The van der Waals surface area contributed by atoms with E-state index in [9.17, 15) is 21.9 Å². The Labute approximate surface area is 96.7 Å². The Kier molecular flexibility index (Phi) is 4.36.